The molecule has 67 heavy (non-hydrogen) atoms. The number of hydrogen-bond acceptors (Lipinski definition) is 12. The number of imide groups is 2. The lowest BCUT2D eigenvalue weighted by Crippen LogP contribution is -2.56. The molecule has 4 saturated heterocycles. The minimum absolute atomic E-state index is 0.0677. The number of amides is 4. The number of nitrogens with one attached hydrogen (secondary N) is 2. The number of piperazine rings is 2. The van der Waals surface area contributed by atoms with Gasteiger partial charge in [-0.05, 0) is 85.9 Å². The first-order chi connectivity index (χ1) is 32.6. The number of terminal acetylenes is 1. The fourth-order valence-electron chi connectivity index (χ4n) is 11.9. The Morgan fingerprint density at radius 2 is 1.58 bits per heavy atom. The third kappa shape index (κ3) is 7.59. The fourth-order valence-corrected chi connectivity index (χ4v) is 11.9. The Morgan fingerprint density at radius 1 is 0.851 bits per heavy atom. The van der Waals surface area contributed by atoms with Gasteiger partial charge in [0, 0.05) is 99.0 Å². The molecule has 2 aliphatic carbocycles. The number of hydrogen-bond donors (Lipinski definition) is 2. The van der Waals surface area contributed by atoms with Crippen LogP contribution in [0.1, 0.15) is 83.2 Å². The molecule has 5 aliphatic heterocycles. The van der Waals surface area contributed by atoms with Crippen molar-refractivity contribution >= 4 is 51.1 Å². The highest BCUT2D eigenvalue weighted by molar-refractivity contribution is 6.23. The quantitative estimate of drug-likeness (QED) is 0.138. The minimum atomic E-state index is -0.991. The van der Waals surface area contributed by atoms with Crippen molar-refractivity contribution in [1.29, 1.82) is 0 Å². The third-order valence-corrected chi connectivity index (χ3v) is 15.8. The summed E-state index contributed by atoms with van der Waals surface area (Å²) in [5, 5.41) is 8.41. The number of aromatic nitrogens is 3. The van der Waals surface area contributed by atoms with Gasteiger partial charge in [0.05, 0.1) is 23.1 Å². The van der Waals surface area contributed by atoms with Crippen molar-refractivity contribution in [3.63, 3.8) is 0 Å². The van der Waals surface area contributed by atoms with Crippen molar-refractivity contribution in [2.45, 2.75) is 76.0 Å². The topological polar surface area (TPSA) is 153 Å². The lowest BCUT2D eigenvalue weighted by Gasteiger charge is -2.39. The van der Waals surface area contributed by atoms with Crippen molar-refractivity contribution in [3.8, 4) is 29.6 Å². The molecule has 0 radical (unpaired) electrons. The monoisotopic (exact) mass is 901 g/mol. The molecule has 2 aromatic heterocycles. The smallest absolute Gasteiger partial charge is 0.319 e. The lowest BCUT2D eigenvalue weighted by molar-refractivity contribution is -0.136. The third-order valence-electron chi connectivity index (χ3n) is 15.8. The Balaban J connectivity index is 0.751. The molecule has 5 atom stereocenters. The second kappa shape index (κ2) is 16.5. The summed E-state index contributed by atoms with van der Waals surface area (Å²) in [5.74, 6) is 2.44. The summed E-state index contributed by atoms with van der Waals surface area (Å²) < 4.78 is 23.9. The van der Waals surface area contributed by atoms with Gasteiger partial charge >= 0.3 is 6.01 Å². The van der Waals surface area contributed by atoms with Gasteiger partial charge in [-0.2, -0.15) is 9.97 Å². The Kier molecular flexibility index (Phi) is 10.3. The van der Waals surface area contributed by atoms with Crippen molar-refractivity contribution < 1.29 is 28.3 Å². The molecule has 12 rings (SSSR count). The van der Waals surface area contributed by atoms with Crippen LogP contribution in [0.15, 0.2) is 60.8 Å². The maximum absolute atomic E-state index is 17.3. The maximum atomic E-state index is 17.3. The van der Waals surface area contributed by atoms with Gasteiger partial charge in [-0.15, -0.1) is 6.42 Å². The normalized spacial score (nSPS) is 25.9. The Bertz CT molecular complexity index is 2920. The lowest BCUT2D eigenvalue weighted by atomic mass is 9.69. The second-order valence-electron chi connectivity index (χ2n) is 20.1. The summed E-state index contributed by atoms with van der Waals surface area (Å²) in [6, 6.07) is 16.7. The van der Waals surface area contributed by atoms with Crippen LogP contribution in [0.4, 0.5) is 10.2 Å². The minimum Gasteiger partial charge on any atom is -0.463 e. The number of anilines is 1. The Morgan fingerprint density at radius 3 is 2.30 bits per heavy atom. The predicted octanol–water partition coefficient (Wildman–Crippen LogP) is 5.31. The molecule has 342 valence electrons. The van der Waals surface area contributed by atoms with Crippen molar-refractivity contribution in [1.82, 2.24) is 40.3 Å². The zero-order chi connectivity index (χ0) is 45.6. The van der Waals surface area contributed by atoms with Crippen LogP contribution in [0.2, 0.25) is 0 Å². The standard InChI is InChI=1S/C52H52FN9O5/c1-2-31-5-3-6-32-7-4-8-38(43(31)32)45-44(53)46-40(24-54-45)47(61-26-35-22-33-10-11-34(33)23-36(27-61)55-35)58-51(57-46)67-29-52(15-16-52)28-60-19-17-59(18-20-60)25-30-9-12-37-39(21-30)50(66)62(49(37)65)41-13-14-42(63)56-48(41)64/h1,3-9,12,21,24,33-36,41,55H,10-11,13-20,22-23,25-29H2,(H,56,63,64). The molecule has 4 amide bonds. The fraction of sp³-hybridized carbons (Fsp3) is 0.442. The summed E-state index contributed by atoms with van der Waals surface area (Å²) in [6.45, 7) is 6.79. The van der Waals surface area contributed by atoms with Crippen LogP contribution in [-0.4, -0.2) is 124 Å². The number of nitrogens with zero attached hydrogens (tertiary/aromatic N) is 7. The molecular weight excluding hydrogens is 850 g/mol. The van der Waals surface area contributed by atoms with E-state index in [1.807, 2.05) is 42.5 Å². The number of carbonyl (C=O) groups excluding carboxylic acids is 4. The van der Waals surface area contributed by atoms with Crippen molar-refractivity contribution in [2.24, 2.45) is 17.3 Å². The molecule has 0 spiro atoms. The van der Waals surface area contributed by atoms with E-state index in [4.69, 9.17) is 26.1 Å². The van der Waals surface area contributed by atoms with Crippen LogP contribution in [-0.2, 0) is 16.1 Å². The first-order valence-electron chi connectivity index (χ1n) is 23.9. The molecule has 2 saturated carbocycles. The first-order valence-corrected chi connectivity index (χ1v) is 23.9. The largest absolute Gasteiger partial charge is 0.463 e. The van der Waals surface area contributed by atoms with Gasteiger partial charge in [-0.25, -0.2) is 4.39 Å². The van der Waals surface area contributed by atoms with Crippen LogP contribution in [0, 0.1) is 35.4 Å². The van der Waals surface area contributed by atoms with Crippen LogP contribution in [0.5, 0.6) is 6.01 Å². The number of fused-ring (bicyclic) bond motifs is 6. The van der Waals surface area contributed by atoms with Crippen LogP contribution in [0.25, 0.3) is 32.9 Å². The predicted molar refractivity (Wildman–Crippen MR) is 249 cm³/mol. The average Bonchev–Trinajstić information content (AvgIpc) is 4.07. The SMILES string of the molecule is C#Cc1cccc2cccc(-c3ncc4c(N5CC6CC7CCC7CC(C5)N6)nc(OCC5(CN6CCN(Cc7ccc8c(c7)C(=O)N(C7CCC(=O)NC7=O)C8=O)CC6)CC5)nc4c3F)c12. The number of benzene rings is 3. The van der Waals surface area contributed by atoms with E-state index in [9.17, 15) is 19.2 Å². The van der Waals surface area contributed by atoms with Gasteiger partial charge < -0.3 is 19.9 Å². The van der Waals surface area contributed by atoms with E-state index >= 15 is 4.39 Å². The van der Waals surface area contributed by atoms with Gasteiger partial charge in [0.1, 0.15) is 23.1 Å². The summed E-state index contributed by atoms with van der Waals surface area (Å²) >= 11 is 0. The zero-order valence-electron chi connectivity index (χ0n) is 37.3. The van der Waals surface area contributed by atoms with E-state index < -0.39 is 35.5 Å². The van der Waals surface area contributed by atoms with E-state index in [2.05, 4.69) is 31.3 Å². The number of pyridine rings is 1. The zero-order valence-corrected chi connectivity index (χ0v) is 37.3. The molecule has 7 aliphatic rings. The summed E-state index contributed by atoms with van der Waals surface area (Å²) in [5.41, 5.74) is 3.10. The molecule has 2 N–H and O–H groups in total. The summed E-state index contributed by atoms with van der Waals surface area (Å²) in [7, 11) is 0. The molecule has 5 unspecified atom stereocenters. The molecule has 5 aromatic rings. The van der Waals surface area contributed by atoms with E-state index in [0.29, 0.717) is 53.1 Å². The van der Waals surface area contributed by atoms with Gasteiger partial charge in [-0.1, -0.05) is 42.3 Å². The van der Waals surface area contributed by atoms with Crippen LogP contribution in [0.3, 0.4) is 0 Å². The van der Waals surface area contributed by atoms with Gasteiger partial charge in [0.25, 0.3) is 11.8 Å². The van der Waals surface area contributed by atoms with E-state index in [-0.39, 0.29) is 41.0 Å². The van der Waals surface area contributed by atoms with Gasteiger partial charge in [-0.3, -0.25) is 39.3 Å². The highest BCUT2D eigenvalue weighted by Crippen LogP contribution is 2.47. The number of piperidine rings is 1. The van der Waals surface area contributed by atoms with Crippen LogP contribution < -0.4 is 20.3 Å². The van der Waals surface area contributed by atoms with E-state index in [0.717, 1.165) is 105 Å². The molecule has 15 heteroatoms. The van der Waals surface area contributed by atoms with Crippen LogP contribution >= 0.6 is 0 Å². The van der Waals surface area contributed by atoms with E-state index in [1.54, 1.807) is 18.3 Å². The summed E-state index contributed by atoms with van der Waals surface area (Å²) in [4.78, 5) is 73.7. The average molecular weight is 902 g/mol. The van der Waals surface area contributed by atoms with Crippen molar-refractivity contribution in [2.75, 3.05) is 57.3 Å². The highest BCUT2D eigenvalue weighted by atomic mass is 19.1. The molecule has 14 nitrogen and oxygen atoms in total. The summed E-state index contributed by atoms with van der Waals surface area (Å²) in [6.07, 6.45) is 14.8. The highest BCUT2D eigenvalue weighted by Gasteiger charge is 2.47. The number of ether oxygens (including phenoxy) is 1. The second-order valence-corrected chi connectivity index (χ2v) is 20.1. The van der Waals surface area contributed by atoms with Gasteiger partial charge in [0.15, 0.2) is 5.82 Å². The maximum Gasteiger partial charge on any atom is 0.319 e. The number of rotatable bonds is 10. The Labute approximate surface area is 387 Å². The molecule has 3 aromatic carbocycles. The number of carbonyl (C=O) groups is 4. The first kappa shape index (κ1) is 42.0. The number of halogens is 1. The molecule has 2 bridgehead atoms. The Hall–Kier alpha value is -6.34. The van der Waals surface area contributed by atoms with E-state index in [1.165, 1.54) is 12.8 Å². The molecule has 6 fully saturated rings. The molecular formula is C52H52FN9O5. The van der Waals surface area contributed by atoms with Crippen molar-refractivity contribution in [3.05, 3.63) is 88.9 Å². The molecule has 7 heterocycles. The van der Waals surface area contributed by atoms with Gasteiger partial charge in [0.2, 0.25) is 11.8 Å².